The van der Waals surface area contributed by atoms with Gasteiger partial charge >= 0.3 is 13.8 Å². The van der Waals surface area contributed by atoms with E-state index in [1.54, 1.807) is 0 Å². The average molecular weight is 1080 g/mol. The van der Waals surface area contributed by atoms with Gasteiger partial charge in [0.15, 0.2) is 0 Å². The summed E-state index contributed by atoms with van der Waals surface area (Å²) >= 11 is 0. The van der Waals surface area contributed by atoms with Gasteiger partial charge in [-0.05, 0) is 31.8 Å². The second-order valence-corrected chi connectivity index (χ2v) is 25.5. The van der Waals surface area contributed by atoms with Crippen LogP contribution in [0.25, 0.3) is 0 Å². The number of phosphoric acid groups is 1. The maximum atomic E-state index is 13.5. The number of rotatable bonds is 61. The third kappa shape index (κ3) is 57.3. The van der Waals surface area contributed by atoms with Crippen LogP contribution in [0.1, 0.15) is 342 Å². The van der Waals surface area contributed by atoms with E-state index in [0.29, 0.717) is 23.9 Å². The van der Waals surface area contributed by atoms with Crippen molar-refractivity contribution in [1.29, 1.82) is 0 Å². The minimum absolute atomic E-state index is 0.0458. The van der Waals surface area contributed by atoms with E-state index in [4.69, 9.17) is 13.8 Å². The number of likely N-dealkylation sites (N-methyl/N-ethyl adjacent to an activating group) is 1. The molecule has 0 aliphatic carbocycles. The predicted molar refractivity (Wildman–Crippen MR) is 323 cm³/mol. The zero-order valence-electron chi connectivity index (χ0n) is 51.1. The zero-order valence-corrected chi connectivity index (χ0v) is 52.0. The summed E-state index contributed by atoms with van der Waals surface area (Å²) in [4.78, 5) is 37.7. The molecule has 0 aromatic carbocycles. The number of ether oxygens (including phenoxy) is 1. The van der Waals surface area contributed by atoms with E-state index in [2.05, 4.69) is 26.1 Å². The molecule has 10 heteroatoms. The van der Waals surface area contributed by atoms with Crippen LogP contribution in [0.4, 0.5) is 0 Å². The second-order valence-electron chi connectivity index (χ2n) is 24.0. The Morgan fingerprint density at radius 3 is 1.09 bits per heavy atom. The molecule has 0 fully saturated rings. The smallest absolute Gasteiger partial charge is 0.456 e. The van der Waals surface area contributed by atoms with Gasteiger partial charge < -0.3 is 19.4 Å². The third-order valence-corrected chi connectivity index (χ3v) is 16.2. The van der Waals surface area contributed by atoms with Crippen LogP contribution in [0.15, 0.2) is 12.2 Å². The number of carbonyl (C=O) groups excluding carboxylic acids is 2. The molecule has 75 heavy (non-hydrogen) atoms. The predicted octanol–water partition coefficient (Wildman–Crippen LogP) is 20.3. The van der Waals surface area contributed by atoms with Crippen LogP contribution < -0.4 is 5.32 Å². The number of quaternary nitrogens is 1. The number of esters is 1. The Balaban J connectivity index is 5.07. The molecule has 1 amide bonds. The Labute approximate surface area is 467 Å². The van der Waals surface area contributed by atoms with Crippen LogP contribution in [0.5, 0.6) is 0 Å². The largest absolute Gasteiger partial charge is 0.472 e. The van der Waals surface area contributed by atoms with E-state index >= 15 is 0 Å². The molecule has 0 saturated heterocycles. The van der Waals surface area contributed by atoms with E-state index < -0.39 is 20.0 Å². The molecular weight excluding hydrogens is 952 g/mol. The minimum Gasteiger partial charge on any atom is -0.456 e. The van der Waals surface area contributed by atoms with Gasteiger partial charge in [-0.2, -0.15) is 0 Å². The van der Waals surface area contributed by atoms with Gasteiger partial charge in [-0.25, -0.2) is 4.57 Å². The molecular formula is C65H130N2O7P+. The number of allylic oxidation sites excluding steroid dienone is 1. The maximum Gasteiger partial charge on any atom is 0.472 e. The fourth-order valence-corrected chi connectivity index (χ4v) is 10.9. The van der Waals surface area contributed by atoms with Gasteiger partial charge in [-0.15, -0.1) is 0 Å². The molecule has 0 aliphatic heterocycles. The molecule has 0 aromatic rings. The molecule has 2 N–H and O–H groups in total. The second kappa shape index (κ2) is 56.0. The first-order valence-electron chi connectivity index (χ1n) is 33.0. The Hall–Kier alpha value is -1.25. The highest BCUT2D eigenvalue weighted by atomic mass is 31.2. The van der Waals surface area contributed by atoms with Crippen molar-refractivity contribution in [2.75, 3.05) is 40.9 Å². The van der Waals surface area contributed by atoms with Gasteiger partial charge in [0, 0.05) is 12.8 Å². The summed E-state index contributed by atoms with van der Waals surface area (Å²) in [6.07, 6.45) is 65.0. The van der Waals surface area contributed by atoms with Crippen molar-refractivity contribution in [2.24, 2.45) is 0 Å². The van der Waals surface area contributed by atoms with Crippen molar-refractivity contribution < 1.29 is 37.3 Å². The lowest BCUT2D eigenvalue weighted by Crippen LogP contribution is -2.47. The van der Waals surface area contributed by atoms with Crippen LogP contribution in [-0.2, 0) is 27.9 Å². The number of nitrogens with zero attached hydrogens (tertiary/aromatic N) is 1. The number of hydrogen-bond donors (Lipinski definition) is 2. The van der Waals surface area contributed by atoms with Gasteiger partial charge in [-0.1, -0.05) is 309 Å². The summed E-state index contributed by atoms with van der Waals surface area (Å²) < 4.78 is 30.7. The zero-order chi connectivity index (χ0) is 55.0. The normalized spacial score (nSPS) is 13.6. The standard InChI is InChI=1S/C65H129N2O7P/c1-7-10-13-16-19-22-25-28-30-31-32-33-34-35-36-37-38-40-43-46-49-52-55-58-65(69)74-63(56-53-50-47-44-41-27-24-21-18-15-12-9-3)62(61-73-75(70,71)72-60-59-67(4,5)6)66-64(68)57-54-51-48-45-42-39-29-26-23-20-17-14-11-8-2/h53,56,62-63H,7-52,54-55,57-61H2,1-6H3,(H-,66,68,70,71)/p+1/b56-53-. The van der Waals surface area contributed by atoms with Crippen LogP contribution in [-0.4, -0.2) is 74.3 Å². The van der Waals surface area contributed by atoms with E-state index in [9.17, 15) is 19.0 Å². The van der Waals surface area contributed by atoms with Gasteiger partial charge in [0.25, 0.3) is 0 Å². The molecule has 446 valence electrons. The number of unbranched alkanes of at least 4 members (excludes halogenated alkanes) is 45. The lowest BCUT2D eigenvalue weighted by molar-refractivity contribution is -0.870. The minimum atomic E-state index is -4.44. The Morgan fingerprint density at radius 1 is 0.453 bits per heavy atom. The summed E-state index contributed by atoms with van der Waals surface area (Å²) in [6.45, 7) is 7.07. The molecule has 0 saturated carbocycles. The monoisotopic (exact) mass is 1080 g/mol. The Morgan fingerprint density at radius 2 is 0.760 bits per heavy atom. The number of phosphoric ester groups is 1. The lowest BCUT2D eigenvalue weighted by Gasteiger charge is -2.27. The summed E-state index contributed by atoms with van der Waals surface area (Å²) in [6, 6.07) is -0.839. The molecule has 0 rings (SSSR count). The summed E-state index contributed by atoms with van der Waals surface area (Å²) in [7, 11) is 1.52. The molecule has 3 atom stereocenters. The van der Waals surface area contributed by atoms with Crippen LogP contribution in [0.2, 0.25) is 0 Å². The van der Waals surface area contributed by atoms with E-state index in [1.165, 1.54) is 250 Å². The first kappa shape index (κ1) is 73.8. The maximum absolute atomic E-state index is 13.5. The molecule has 3 unspecified atom stereocenters. The molecule has 0 radical (unpaired) electrons. The first-order valence-corrected chi connectivity index (χ1v) is 34.5. The Bertz CT molecular complexity index is 1290. The highest BCUT2D eigenvalue weighted by Gasteiger charge is 2.30. The SMILES string of the molecule is CCCCCCCCCCCC/C=C\C(OC(=O)CCCCCCCCCCCCCCCCCCCCCCCCC)C(COP(=O)(O)OCC[N+](C)(C)C)NC(=O)CCCCCCCCCCCCCCCC. The van der Waals surface area contributed by atoms with Gasteiger partial charge in [-0.3, -0.25) is 18.6 Å². The van der Waals surface area contributed by atoms with Gasteiger partial charge in [0.2, 0.25) is 5.91 Å². The van der Waals surface area contributed by atoms with E-state index in [-0.39, 0.29) is 25.1 Å². The van der Waals surface area contributed by atoms with Crippen molar-refractivity contribution in [3.05, 3.63) is 12.2 Å². The van der Waals surface area contributed by atoms with Crippen molar-refractivity contribution >= 4 is 19.7 Å². The fraction of sp³-hybridized carbons (Fsp3) is 0.938. The third-order valence-electron chi connectivity index (χ3n) is 15.2. The van der Waals surface area contributed by atoms with Crippen LogP contribution in [0.3, 0.4) is 0 Å². The lowest BCUT2D eigenvalue weighted by atomic mass is 10.0. The highest BCUT2D eigenvalue weighted by Crippen LogP contribution is 2.43. The molecule has 0 spiro atoms. The van der Waals surface area contributed by atoms with Crippen molar-refractivity contribution in [2.45, 2.75) is 354 Å². The summed E-state index contributed by atoms with van der Waals surface area (Å²) in [5.74, 6) is -0.482. The highest BCUT2D eigenvalue weighted by molar-refractivity contribution is 7.47. The summed E-state index contributed by atoms with van der Waals surface area (Å²) in [5, 5.41) is 3.07. The van der Waals surface area contributed by atoms with Crippen LogP contribution in [0, 0.1) is 0 Å². The van der Waals surface area contributed by atoms with Crippen molar-refractivity contribution in [3.8, 4) is 0 Å². The number of carbonyl (C=O) groups is 2. The van der Waals surface area contributed by atoms with Gasteiger partial charge in [0.1, 0.15) is 19.3 Å². The topological polar surface area (TPSA) is 111 Å². The van der Waals surface area contributed by atoms with Crippen molar-refractivity contribution in [1.82, 2.24) is 5.32 Å². The fourth-order valence-electron chi connectivity index (χ4n) is 10.1. The van der Waals surface area contributed by atoms with Gasteiger partial charge in [0.05, 0.1) is 33.8 Å². The first-order chi connectivity index (χ1) is 36.4. The molecule has 0 aromatic heterocycles. The Kier molecular flexibility index (Phi) is 55.1. The molecule has 0 bridgehead atoms. The average Bonchev–Trinajstić information content (AvgIpc) is 3.37. The quantitative estimate of drug-likeness (QED) is 0.0205. The van der Waals surface area contributed by atoms with E-state index in [1.807, 2.05) is 33.3 Å². The van der Waals surface area contributed by atoms with E-state index in [0.717, 1.165) is 57.8 Å². The van der Waals surface area contributed by atoms with Crippen LogP contribution >= 0.6 is 7.82 Å². The molecule has 9 nitrogen and oxygen atoms in total. The number of hydrogen-bond acceptors (Lipinski definition) is 6. The number of amides is 1. The summed E-state index contributed by atoms with van der Waals surface area (Å²) in [5.41, 5.74) is 0. The molecule has 0 heterocycles. The van der Waals surface area contributed by atoms with Crippen molar-refractivity contribution in [3.63, 3.8) is 0 Å². The molecule has 0 aliphatic rings. The number of nitrogens with one attached hydrogen (secondary N) is 1.